The molecule has 1 amide bonds. The molecule has 33 heavy (non-hydrogen) atoms. The van der Waals surface area contributed by atoms with Crippen LogP contribution in [0.1, 0.15) is 97.0 Å². The van der Waals surface area contributed by atoms with Gasteiger partial charge in [0.05, 0.1) is 12.5 Å². The van der Waals surface area contributed by atoms with Crippen LogP contribution in [0.2, 0.25) is 0 Å². The lowest BCUT2D eigenvalue weighted by Gasteiger charge is -2.29. The molecule has 0 saturated heterocycles. The van der Waals surface area contributed by atoms with Crippen molar-refractivity contribution in [2.24, 2.45) is 5.92 Å². The summed E-state index contributed by atoms with van der Waals surface area (Å²) in [4.78, 5) is 24.2. The Kier molecular flexibility index (Phi) is 12.7. The first-order chi connectivity index (χ1) is 16.0. The first-order valence-electron chi connectivity index (χ1n) is 12.9. The summed E-state index contributed by atoms with van der Waals surface area (Å²) in [7, 11) is 0. The van der Waals surface area contributed by atoms with Crippen LogP contribution >= 0.6 is 0 Å². The Labute approximate surface area is 200 Å². The van der Waals surface area contributed by atoms with Crippen molar-refractivity contribution < 1.29 is 19.1 Å². The molecule has 0 aromatic heterocycles. The summed E-state index contributed by atoms with van der Waals surface area (Å²) >= 11 is 0. The lowest BCUT2D eigenvalue weighted by molar-refractivity contribution is -0.155. The highest BCUT2D eigenvalue weighted by Crippen LogP contribution is 2.23. The number of hydrogen-bond acceptors (Lipinski definition) is 4. The summed E-state index contributed by atoms with van der Waals surface area (Å²) in [6.45, 7) is 6.88. The van der Waals surface area contributed by atoms with Crippen LogP contribution in [-0.2, 0) is 14.3 Å². The van der Waals surface area contributed by atoms with Gasteiger partial charge in [0.2, 0.25) is 5.91 Å². The zero-order valence-electron chi connectivity index (χ0n) is 20.8. The van der Waals surface area contributed by atoms with E-state index in [1.807, 2.05) is 44.2 Å². The Morgan fingerprint density at radius 3 is 2.33 bits per heavy atom. The molecule has 1 aliphatic carbocycles. The Balaban J connectivity index is 1.63. The van der Waals surface area contributed by atoms with E-state index in [0.717, 1.165) is 56.4 Å². The molecule has 1 saturated carbocycles. The van der Waals surface area contributed by atoms with Crippen molar-refractivity contribution in [2.75, 3.05) is 6.61 Å². The molecule has 0 radical (unpaired) electrons. The van der Waals surface area contributed by atoms with Gasteiger partial charge < -0.3 is 14.8 Å². The van der Waals surface area contributed by atoms with Gasteiger partial charge in [-0.3, -0.25) is 9.59 Å². The largest absolute Gasteiger partial charge is 0.494 e. The summed E-state index contributed by atoms with van der Waals surface area (Å²) in [6.07, 6.45) is 15.0. The van der Waals surface area contributed by atoms with Crippen molar-refractivity contribution in [1.29, 1.82) is 0 Å². The molecule has 5 nitrogen and oxygen atoms in total. The number of unbranched alkanes of at least 4 members (excludes halogenated alkanes) is 5. The van der Waals surface area contributed by atoms with Crippen molar-refractivity contribution in [2.45, 2.75) is 104 Å². The number of ether oxygens (including phenoxy) is 2. The molecule has 184 valence electrons. The predicted molar refractivity (Wildman–Crippen MR) is 134 cm³/mol. The number of amides is 1. The van der Waals surface area contributed by atoms with Gasteiger partial charge in [0.25, 0.3) is 0 Å². The monoisotopic (exact) mass is 457 g/mol. The van der Waals surface area contributed by atoms with Crippen LogP contribution in [0.3, 0.4) is 0 Å². The normalized spacial score (nSPS) is 19.2. The molecule has 1 unspecified atom stereocenters. The first kappa shape index (κ1) is 26.9. The number of benzene rings is 1. The van der Waals surface area contributed by atoms with Gasteiger partial charge in [-0.05, 0) is 62.3 Å². The molecular weight excluding hydrogens is 414 g/mol. The van der Waals surface area contributed by atoms with E-state index in [1.54, 1.807) is 6.08 Å². The number of hydrogen-bond donors (Lipinski definition) is 1. The van der Waals surface area contributed by atoms with Crippen LogP contribution in [0.25, 0.3) is 6.08 Å². The molecule has 5 heteroatoms. The number of nitrogens with one attached hydrogen (secondary N) is 1. The molecule has 0 heterocycles. The standard InChI is InChI=1S/C28H43NO4/c1-4-6-7-8-9-10-21-32-25-16-11-23(12-17-25)13-20-27(30)29-24-14-18-26(19-15-24)33-28(31)22(3)5-2/h11-13,16-17,20,22,24,26H,4-10,14-15,18-19,21H2,1-3H3,(H,29,30)/b20-13+. The van der Waals surface area contributed by atoms with Crippen molar-refractivity contribution in [3.8, 4) is 5.75 Å². The molecule has 0 aliphatic heterocycles. The number of rotatable bonds is 14. The van der Waals surface area contributed by atoms with Crippen LogP contribution in [0.15, 0.2) is 30.3 Å². The molecule has 1 atom stereocenters. The molecule has 0 spiro atoms. The van der Waals surface area contributed by atoms with E-state index in [1.165, 1.54) is 32.1 Å². The van der Waals surface area contributed by atoms with Crippen LogP contribution < -0.4 is 10.1 Å². The quantitative estimate of drug-likeness (QED) is 0.198. The molecule has 1 aromatic rings. The molecule has 1 N–H and O–H groups in total. The fourth-order valence-corrected chi connectivity index (χ4v) is 3.94. The lowest BCUT2D eigenvalue weighted by Crippen LogP contribution is -2.39. The lowest BCUT2D eigenvalue weighted by atomic mass is 9.92. The Hall–Kier alpha value is -2.30. The maximum Gasteiger partial charge on any atom is 0.308 e. The van der Waals surface area contributed by atoms with Gasteiger partial charge >= 0.3 is 5.97 Å². The smallest absolute Gasteiger partial charge is 0.308 e. The third kappa shape index (κ3) is 10.9. The van der Waals surface area contributed by atoms with E-state index in [2.05, 4.69) is 12.2 Å². The van der Waals surface area contributed by atoms with E-state index in [9.17, 15) is 9.59 Å². The SMILES string of the molecule is CCCCCCCCOc1ccc(/C=C/C(=O)NC2CCC(OC(=O)C(C)CC)CC2)cc1. The van der Waals surface area contributed by atoms with Gasteiger partial charge in [0, 0.05) is 12.1 Å². The average molecular weight is 458 g/mol. The zero-order valence-corrected chi connectivity index (χ0v) is 20.8. The highest BCUT2D eigenvalue weighted by atomic mass is 16.5. The summed E-state index contributed by atoms with van der Waals surface area (Å²) in [5.74, 6) is 0.634. The minimum Gasteiger partial charge on any atom is -0.494 e. The third-order valence-corrected chi connectivity index (χ3v) is 6.39. The van der Waals surface area contributed by atoms with Crippen LogP contribution in [0.5, 0.6) is 5.75 Å². The second-order valence-corrected chi connectivity index (χ2v) is 9.25. The van der Waals surface area contributed by atoms with Crippen molar-refractivity contribution in [1.82, 2.24) is 5.32 Å². The van der Waals surface area contributed by atoms with Crippen LogP contribution in [0.4, 0.5) is 0 Å². The Bertz CT molecular complexity index is 720. The van der Waals surface area contributed by atoms with Gasteiger partial charge in [-0.15, -0.1) is 0 Å². The summed E-state index contributed by atoms with van der Waals surface area (Å²) in [6, 6.07) is 7.99. The predicted octanol–water partition coefficient (Wildman–Crippen LogP) is 6.46. The minimum absolute atomic E-state index is 0.0167. The van der Waals surface area contributed by atoms with Crippen molar-refractivity contribution in [3.63, 3.8) is 0 Å². The second-order valence-electron chi connectivity index (χ2n) is 9.25. The maximum absolute atomic E-state index is 12.3. The zero-order chi connectivity index (χ0) is 23.9. The van der Waals surface area contributed by atoms with E-state index in [0.29, 0.717) is 0 Å². The number of carbonyl (C=O) groups excluding carboxylic acids is 2. The highest BCUT2D eigenvalue weighted by molar-refractivity contribution is 5.91. The van der Waals surface area contributed by atoms with Gasteiger partial charge in [0.15, 0.2) is 0 Å². The summed E-state index contributed by atoms with van der Waals surface area (Å²) in [5.41, 5.74) is 0.970. The molecule has 1 fully saturated rings. The van der Waals surface area contributed by atoms with E-state index in [-0.39, 0.29) is 29.9 Å². The number of esters is 1. The Morgan fingerprint density at radius 1 is 1.00 bits per heavy atom. The maximum atomic E-state index is 12.3. The van der Waals surface area contributed by atoms with E-state index < -0.39 is 0 Å². The highest BCUT2D eigenvalue weighted by Gasteiger charge is 2.25. The molecule has 1 aliphatic rings. The topological polar surface area (TPSA) is 64.6 Å². The van der Waals surface area contributed by atoms with Crippen molar-refractivity contribution in [3.05, 3.63) is 35.9 Å². The van der Waals surface area contributed by atoms with Gasteiger partial charge in [0.1, 0.15) is 11.9 Å². The van der Waals surface area contributed by atoms with E-state index in [4.69, 9.17) is 9.47 Å². The number of carbonyl (C=O) groups is 2. The summed E-state index contributed by atoms with van der Waals surface area (Å²) in [5, 5.41) is 3.07. The van der Waals surface area contributed by atoms with Gasteiger partial charge in [-0.2, -0.15) is 0 Å². The third-order valence-electron chi connectivity index (χ3n) is 6.39. The van der Waals surface area contributed by atoms with Crippen molar-refractivity contribution >= 4 is 18.0 Å². The minimum atomic E-state index is -0.105. The molecular formula is C28H43NO4. The van der Waals surface area contributed by atoms with Crippen LogP contribution in [-0.4, -0.2) is 30.6 Å². The Morgan fingerprint density at radius 2 is 1.67 bits per heavy atom. The second kappa shape index (κ2) is 15.5. The average Bonchev–Trinajstić information content (AvgIpc) is 2.83. The molecule has 1 aromatic carbocycles. The fraction of sp³-hybridized carbons (Fsp3) is 0.643. The first-order valence-corrected chi connectivity index (χ1v) is 12.9. The fourth-order valence-electron chi connectivity index (χ4n) is 3.94. The van der Waals surface area contributed by atoms with E-state index >= 15 is 0 Å². The summed E-state index contributed by atoms with van der Waals surface area (Å²) < 4.78 is 11.4. The van der Waals surface area contributed by atoms with Gasteiger partial charge in [-0.25, -0.2) is 0 Å². The van der Waals surface area contributed by atoms with Crippen LogP contribution in [0, 0.1) is 5.92 Å². The van der Waals surface area contributed by atoms with Gasteiger partial charge in [-0.1, -0.05) is 65.0 Å². The molecule has 2 rings (SSSR count). The molecule has 0 bridgehead atoms.